The zero-order valence-electron chi connectivity index (χ0n) is 11.4. The number of aromatic nitrogens is 2. The van der Waals surface area contributed by atoms with Crippen LogP contribution in [0.25, 0.3) is 0 Å². The molecular weight excluding hydrogens is 274 g/mol. The van der Waals surface area contributed by atoms with Crippen molar-refractivity contribution in [1.82, 2.24) is 14.9 Å². The first-order valence-corrected chi connectivity index (χ1v) is 7.03. The fourth-order valence-electron chi connectivity index (χ4n) is 1.96. The maximum absolute atomic E-state index is 12.2. The van der Waals surface area contributed by atoms with Crippen LogP contribution in [0.5, 0.6) is 0 Å². The van der Waals surface area contributed by atoms with E-state index in [1.807, 2.05) is 17.7 Å². The highest BCUT2D eigenvalue weighted by molar-refractivity contribution is 6.30. The van der Waals surface area contributed by atoms with E-state index in [4.69, 9.17) is 11.6 Å². The maximum atomic E-state index is 12.2. The van der Waals surface area contributed by atoms with Gasteiger partial charge in [-0.05, 0) is 44.2 Å². The lowest BCUT2D eigenvalue weighted by Crippen LogP contribution is -2.34. The highest BCUT2D eigenvalue weighted by Gasteiger charge is 2.13. The van der Waals surface area contributed by atoms with Crippen molar-refractivity contribution in [2.45, 2.75) is 25.9 Å². The predicted molar refractivity (Wildman–Crippen MR) is 80.1 cm³/mol. The molecular formula is C15H18ClN3O. The van der Waals surface area contributed by atoms with E-state index >= 15 is 0 Å². The van der Waals surface area contributed by atoms with Crippen molar-refractivity contribution in [1.29, 1.82) is 0 Å². The van der Waals surface area contributed by atoms with Gasteiger partial charge < -0.3 is 9.88 Å². The number of nitrogens with one attached hydrogen (secondary N) is 1. The molecule has 1 unspecified atom stereocenters. The number of ketones is 1. The first kappa shape index (κ1) is 14.8. The van der Waals surface area contributed by atoms with Crippen LogP contribution in [0.2, 0.25) is 5.02 Å². The molecule has 4 nitrogen and oxygen atoms in total. The second kappa shape index (κ2) is 7.22. The molecule has 0 radical (unpaired) electrons. The maximum Gasteiger partial charge on any atom is 0.179 e. The number of aryl methyl sites for hydroxylation is 1. The Balaban J connectivity index is 1.75. The van der Waals surface area contributed by atoms with Crippen LogP contribution < -0.4 is 5.32 Å². The number of halogens is 1. The van der Waals surface area contributed by atoms with E-state index < -0.39 is 0 Å². The number of hydrogen-bond donors (Lipinski definition) is 1. The summed E-state index contributed by atoms with van der Waals surface area (Å²) in [6, 6.07) is 6.79. The van der Waals surface area contributed by atoms with Crippen molar-refractivity contribution in [3.63, 3.8) is 0 Å². The van der Waals surface area contributed by atoms with Gasteiger partial charge in [-0.3, -0.25) is 4.79 Å². The highest BCUT2D eigenvalue weighted by atomic mass is 35.5. The lowest BCUT2D eigenvalue weighted by molar-refractivity contribution is 0.0951. The molecule has 20 heavy (non-hydrogen) atoms. The number of imidazole rings is 1. The molecule has 0 aliphatic rings. The first-order valence-electron chi connectivity index (χ1n) is 6.66. The molecule has 2 aromatic rings. The lowest BCUT2D eigenvalue weighted by atomic mass is 10.1. The van der Waals surface area contributed by atoms with Gasteiger partial charge >= 0.3 is 0 Å². The third-order valence-electron chi connectivity index (χ3n) is 3.12. The quantitative estimate of drug-likeness (QED) is 0.630. The van der Waals surface area contributed by atoms with Gasteiger partial charge in [0.2, 0.25) is 0 Å². The van der Waals surface area contributed by atoms with E-state index in [0.29, 0.717) is 10.6 Å². The van der Waals surface area contributed by atoms with Gasteiger partial charge in [0.05, 0.1) is 12.4 Å². The van der Waals surface area contributed by atoms with Gasteiger partial charge in [-0.1, -0.05) is 11.6 Å². The van der Waals surface area contributed by atoms with E-state index in [2.05, 4.69) is 10.3 Å². The minimum atomic E-state index is -0.195. The molecule has 106 valence electrons. The van der Waals surface area contributed by atoms with Crippen molar-refractivity contribution < 1.29 is 4.79 Å². The third kappa shape index (κ3) is 4.18. The first-order chi connectivity index (χ1) is 9.66. The number of rotatable bonds is 7. The van der Waals surface area contributed by atoms with E-state index in [1.54, 1.807) is 36.8 Å². The zero-order valence-corrected chi connectivity index (χ0v) is 12.2. The Morgan fingerprint density at radius 2 is 2.15 bits per heavy atom. The van der Waals surface area contributed by atoms with Crippen LogP contribution >= 0.6 is 11.6 Å². The molecule has 0 bridgehead atoms. The van der Waals surface area contributed by atoms with E-state index in [9.17, 15) is 4.79 Å². The molecule has 0 aliphatic heterocycles. The average Bonchev–Trinajstić information content (AvgIpc) is 2.96. The van der Waals surface area contributed by atoms with Gasteiger partial charge in [0.1, 0.15) is 0 Å². The normalized spacial score (nSPS) is 12.3. The van der Waals surface area contributed by atoms with Crippen LogP contribution in [0.1, 0.15) is 23.7 Å². The highest BCUT2D eigenvalue weighted by Crippen LogP contribution is 2.11. The number of benzene rings is 1. The second-order valence-electron chi connectivity index (χ2n) is 4.70. The van der Waals surface area contributed by atoms with Gasteiger partial charge in [0.25, 0.3) is 0 Å². The van der Waals surface area contributed by atoms with Crippen molar-refractivity contribution >= 4 is 17.4 Å². The Kier molecular flexibility index (Phi) is 5.32. The Morgan fingerprint density at radius 1 is 1.40 bits per heavy atom. The Labute approximate surface area is 123 Å². The number of carbonyl (C=O) groups is 1. The summed E-state index contributed by atoms with van der Waals surface area (Å²) in [7, 11) is 0. The molecule has 0 aliphatic carbocycles. The molecule has 0 saturated carbocycles. The van der Waals surface area contributed by atoms with Gasteiger partial charge in [-0.15, -0.1) is 0 Å². The number of hydrogen-bond acceptors (Lipinski definition) is 3. The van der Waals surface area contributed by atoms with Crippen molar-refractivity contribution in [3.8, 4) is 0 Å². The molecule has 1 aromatic heterocycles. The molecule has 1 aromatic carbocycles. The molecule has 0 saturated heterocycles. The second-order valence-corrected chi connectivity index (χ2v) is 5.14. The van der Waals surface area contributed by atoms with E-state index in [0.717, 1.165) is 19.5 Å². The van der Waals surface area contributed by atoms with Crippen LogP contribution in [0.3, 0.4) is 0 Å². The monoisotopic (exact) mass is 291 g/mol. The Bertz CT molecular complexity index is 537. The van der Waals surface area contributed by atoms with Crippen LogP contribution in [0, 0.1) is 0 Å². The fraction of sp³-hybridized carbons (Fsp3) is 0.333. The van der Waals surface area contributed by atoms with Gasteiger partial charge in [-0.25, -0.2) is 4.98 Å². The lowest BCUT2D eigenvalue weighted by Gasteiger charge is -2.13. The topological polar surface area (TPSA) is 46.9 Å². The molecule has 1 atom stereocenters. The summed E-state index contributed by atoms with van der Waals surface area (Å²) in [5.41, 5.74) is 0.684. The summed E-state index contributed by atoms with van der Waals surface area (Å²) >= 11 is 5.81. The van der Waals surface area contributed by atoms with E-state index in [1.165, 1.54) is 0 Å². The van der Waals surface area contributed by atoms with Crippen molar-refractivity contribution in [3.05, 3.63) is 53.6 Å². The van der Waals surface area contributed by atoms with Gasteiger partial charge in [0.15, 0.2) is 5.78 Å². The summed E-state index contributed by atoms with van der Waals surface area (Å²) in [5, 5.41) is 3.88. The average molecular weight is 292 g/mol. The predicted octanol–water partition coefficient (Wildman–Crippen LogP) is 2.79. The van der Waals surface area contributed by atoms with Gasteiger partial charge in [-0.2, -0.15) is 0 Å². The molecule has 0 amide bonds. The standard InChI is InChI=1S/C15H18ClN3O/c1-12(15(20)13-3-5-14(16)6-4-13)18-7-2-9-19-10-8-17-11-19/h3-6,8,10-12,18H,2,7,9H2,1H3. The number of nitrogens with zero attached hydrogens (tertiary/aromatic N) is 2. The largest absolute Gasteiger partial charge is 0.337 e. The summed E-state index contributed by atoms with van der Waals surface area (Å²) in [4.78, 5) is 16.1. The van der Waals surface area contributed by atoms with Crippen molar-refractivity contribution in [2.75, 3.05) is 6.54 Å². The van der Waals surface area contributed by atoms with Crippen LogP contribution in [-0.2, 0) is 6.54 Å². The minimum Gasteiger partial charge on any atom is -0.337 e. The van der Waals surface area contributed by atoms with Crippen LogP contribution in [0.4, 0.5) is 0 Å². The van der Waals surface area contributed by atoms with Crippen molar-refractivity contribution in [2.24, 2.45) is 0 Å². The molecule has 5 heteroatoms. The Hall–Kier alpha value is -1.65. The molecule has 0 fully saturated rings. The zero-order chi connectivity index (χ0) is 14.4. The summed E-state index contributed by atoms with van der Waals surface area (Å²) in [5.74, 6) is 0.0873. The summed E-state index contributed by atoms with van der Waals surface area (Å²) in [6.45, 7) is 3.57. The molecule has 0 spiro atoms. The number of carbonyl (C=O) groups excluding carboxylic acids is 1. The molecule has 1 heterocycles. The molecule has 1 N–H and O–H groups in total. The summed E-state index contributed by atoms with van der Waals surface area (Å²) in [6.07, 6.45) is 6.44. The summed E-state index contributed by atoms with van der Waals surface area (Å²) < 4.78 is 2.02. The van der Waals surface area contributed by atoms with Crippen LogP contribution in [0.15, 0.2) is 43.0 Å². The minimum absolute atomic E-state index is 0.0873. The van der Waals surface area contributed by atoms with E-state index in [-0.39, 0.29) is 11.8 Å². The number of Topliss-reactive ketones (excluding diaryl/α,β-unsaturated/α-hetero) is 1. The Morgan fingerprint density at radius 3 is 2.80 bits per heavy atom. The van der Waals surface area contributed by atoms with Gasteiger partial charge in [0, 0.05) is 29.5 Å². The van der Waals surface area contributed by atoms with Crippen LogP contribution in [-0.4, -0.2) is 27.9 Å². The fourth-order valence-corrected chi connectivity index (χ4v) is 2.08. The SMILES string of the molecule is CC(NCCCn1ccnc1)C(=O)c1ccc(Cl)cc1. The smallest absolute Gasteiger partial charge is 0.179 e. The molecule has 2 rings (SSSR count). The third-order valence-corrected chi connectivity index (χ3v) is 3.38.